The molecule has 0 aliphatic carbocycles. The average Bonchev–Trinajstić information content (AvgIpc) is 2.89. The predicted molar refractivity (Wildman–Crippen MR) is 137 cm³/mol. The summed E-state index contributed by atoms with van der Waals surface area (Å²) in [4.78, 5) is 25.3. The number of amides is 1. The summed E-state index contributed by atoms with van der Waals surface area (Å²) < 4.78 is 11.1. The molecule has 0 fully saturated rings. The highest BCUT2D eigenvalue weighted by Crippen LogP contribution is 2.27. The molecular weight excluding hydrogens is 440 g/mol. The van der Waals surface area contributed by atoms with Crippen molar-refractivity contribution in [2.24, 2.45) is 5.10 Å². The molecule has 1 N–H and O–H groups in total. The molecule has 0 aromatic heterocycles. The maximum atomic E-state index is 12.7. The van der Waals surface area contributed by atoms with Crippen molar-refractivity contribution >= 4 is 28.9 Å². The van der Waals surface area contributed by atoms with E-state index in [-0.39, 0.29) is 5.91 Å². The molecule has 0 saturated carbocycles. The molecule has 0 heterocycles. The van der Waals surface area contributed by atoms with Gasteiger partial charge < -0.3 is 9.47 Å². The lowest BCUT2D eigenvalue weighted by Crippen LogP contribution is -2.17. The number of fused-ring (bicyclic) bond motifs is 1. The number of rotatable bonds is 8. The van der Waals surface area contributed by atoms with Crippen molar-refractivity contribution in [2.45, 2.75) is 6.92 Å². The molecular formula is C29H24N2O4. The van der Waals surface area contributed by atoms with Crippen molar-refractivity contribution in [1.29, 1.82) is 0 Å². The fourth-order valence-electron chi connectivity index (χ4n) is 3.42. The van der Waals surface area contributed by atoms with Crippen molar-refractivity contribution in [3.8, 4) is 11.5 Å². The van der Waals surface area contributed by atoms with E-state index in [4.69, 9.17) is 9.47 Å². The number of carbonyl (C=O) groups is 2. The molecule has 6 nitrogen and oxygen atoms in total. The van der Waals surface area contributed by atoms with Crippen LogP contribution in [0.1, 0.15) is 31.8 Å². The third kappa shape index (κ3) is 5.81. The Morgan fingerprint density at radius 2 is 1.63 bits per heavy atom. The molecule has 6 heteroatoms. The summed E-state index contributed by atoms with van der Waals surface area (Å²) in [6, 6.07) is 25.1. The van der Waals surface area contributed by atoms with E-state index in [1.54, 1.807) is 48.5 Å². The first-order chi connectivity index (χ1) is 17.0. The Morgan fingerprint density at radius 3 is 2.37 bits per heavy atom. The van der Waals surface area contributed by atoms with Crippen LogP contribution in [0.2, 0.25) is 0 Å². The Kier molecular flexibility index (Phi) is 7.33. The summed E-state index contributed by atoms with van der Waals surface area (Å²) in [5, 5.41) is 5.92. The molecule has 0 aliphatic heterocycles. The van der Waals surface area contributed by atoms with Gasteiger partial charge in [0.2, 0.25) is 0 Å². The summed E-state index contributed by atoms with van der Waals surface area (Å²) in [6.07, 6.45) is 3.13. The number of carbonyl (C=O) groups excluding carboxylic acids is 2. The Bertz CT molecular complexity index is 1390. The zero-order chi connectivity index (χ0) is 24.6. The van der Waals surface area contributed by atoms with E-state index in [0.717, 1.165) is 16.3 Å². The number of hydrogen-bond donors (Lipinski definition) is 1. The summed E-state index contributed by atoms with van der Waals surface area (Å²) in [5.74, 6) is 0.129. The lowest BCUT2D eigenvalue weighted by molar-refractivity contribution is 0.0734. The standard InChI is InChI=1S/C29H24N2O4/c1-3-18-34-24-15-12-22(13-16-24)28(32)31-30-19-26-25-7-5-4-6-21(25)14-17-27(26)35-29(33)23-10-8-20(2)9-11-23/h3-17,19H,1,18H2,2H3,(H,31,32)/b30-19+. The van der Waals surface area contributed by atoms with E-state index in [9.17, 15) is 9.59 Å². The van der Waals surface area contributed by atoms with E-state index >= 15 is 0 Å². The predicted octanol–water partition coefficient (Wildman–Crippen LogP) is 5.70. The molecule has 174 valence electrons. The van der Waals surface area contributed by atoms with E-state index < -0.39 is 5.97 Å². The second-order valence-corrected chi connectivity index (χ2v) is 7.78. The SMILES string of the molecule is C=CCOc1ccc(C(=O)N/N=C/c2c(OC(=O)c3ccc(C)cc3)ccc3ccccc23)cc1. The highest BCUT2D eigenvalue weighted by molar-refractivity contribution is 6.04. The van der Waals surface area contributed by atoms with Crippen molar-refractivity contribution in [3.63, 3.8) is 0 Å². The van der Waals surface area contributed by atoms with Crippen molar-refractivity contribution in [3.05, 3.63) is 120 Å². The van der Waals surface area contributed by atoms with Crippen LogP contribution in [0.15, 0.2) is 103 Å². The quantitative estimate of drug-likeness (QED) is 0.119. The first-order valence-corrected chi connectivity index (χ1v) is 11.0. The Morgan fingerprint density at radius 1 is 0.914 bits per heavy atom. The number of benzene rings is 4. The molecule has 0 atom stereocenters. The van der Waals surface area contributed by atoms with Crippen molar-refractivity contribution < 1.29 is 19.1 Å². The number of esters is 1. The summed E-state index contributed by atoms with van der Waals surface area (Å²) in [7, 11) is 0. The van der Waals surface area contributed by atoms with Crippen LogP contribution in [0, 0.1) is 6.92 Å². The van der Waals surface area contributed by atoms with Crippen LogP contribution in [0.4, 0.5) is 0 Å². The van der Waals surface area contributed by atoms with Gasteiger partial charge in [0, 0.05) is 11.1 Å². The molecule has 0 radical (unpaired) electrons. The van der Waals surface area contributed by atoms with Crippen LogP contribution in [0.25, 0.3) is 10.8 Å². The molecule has 0 saturated heterocycles. The topological polar surface area (TPSA) is 77.0 Å². The minimum Gasteiger partial charge on any atom is -0.490 e. The molecule has 4 aromatic carbocycles. The van der Waals surface area contributed by atoms with Crippen LogP contribution >= 0.6 is 0 Å². The smallest absolute Gasteiger partial charge is 0.343 e. The monoisotopic (exact) mass is 464 g/mol. The highest BCUT2D eigenvalue weighted by Gasteiger charge is 2.14. The van der Waals surface area contributed by atoms with E-state index in [2.05, 4.69) is 17.1 Å². The van der Waals surface area contributed by atoms with Crippen LogP contribution in [0.5, 0.6) is 11.5 Å². The lowest BCUT2D eigenvalue weighted by atomic mass is 10.0. The third-order valence-corrected chi connectivity index (χ3v) is 5.26. The van der Waals surface area contributed by atoms with Gasteiger partial charge in [-0.2, -0.15) is 5.10 Å². The van der Waals surface area contributed by atoms with Crippen LogP contribution in [0.3, 0.4) is 0 Å². The van der Waals surface area contributed by atoms with Gasteiger partial charge in [0.15, 0.2) is 0 Å². The summed E-state index contributed by atoms with van der Waals surface area (Å²) in [6.45, 7) is 5.94. The molecule has 1 amide bonds. The van der Waals surface area contributed by atoms with Gasteiger partial charge in [-0.05, 0) is 60.2 Å². The first kappa shape index (κ1) is 23.4. The number of hydrazone groups is 1. The molecule has 0 bridgehead atoms. The van der Waals surface area contributed by atoms with Gasteiger partial charge in [-0.15, -0.1) is 0 Å². The van der Waals surface area contributed by atoms with E-state index in [0.29, 0.717) is 34.8 Å². The van der Waals surface area contributed by atoms with Crippen molar-refractivity contribution in [2.75, 3.05) is 6.61 Å². The first-order valence-electron chi connectivity index (χ1n) is 11.0. The third-order valence-electron chi connectivity index (χ3n) is 5.26. The Hall–Kier alpha value is -4.71. The average molecular weight is 465 g/mol. The van der Waals surface area contributed by atoms with Crippen LogP contribution in [-0.2, 0) is 0 Å². The van der Waals surface area contributed by atoms with Gasteiger partial charge in [0.05, 0.1) is 11.8 Å². The molecule has 35 heavy (non-hydrogen) atoms. The van der Waals surface area contributed by atoms with Gasteiger partial charge in [-0.25, -0.2) is 10.2 Å². The molecule has 0 spiro atoms. The maximum absolute atomic E-state index is 12.7. The van der Waals surface area contributed by atoms with Crippen LogP contribution in [-0.4, -0.2) is 24.7 Å². The van der Waals surface area contributed by atoms with Gasteiger partial charge in [0.25, 0.3) is 5.91 Å². The van der Waals surface area contributed by atoms with Gasteiger partial charge in [0.1, 0.15) is 18.1 Å². The maximum Gasteiger partial charge on any atom is 0.343 e. The number of ether oxygens (including phenoxy) is 2. The van der Waals surface area contributed by atoms with Crippen molar-refractivity contribution in [1.82, 2.24) is 5.43 Å². The number of aryl methyl sites for hydroxylation is 1. The van der Waals surface area contributed by atoms with E-state index in [1.807, 2.05) is 49.4 Å². The fourth-order valence-corrected chi connectivity index (χ4v) is 3.42. The zero-order valence-corrected chi connectivity index (χ0v) is 19.2. The van der Waals surface area contributed by atoms with Gasteiger partial charge in [-0.1, -0.05) is 60.7 Å². The number of hydrogen-bond acceptors (Lipinski definition) is 5. The molecule has 0 unspecified atom stereocenters. The molecule has 4 aromatic rings. The summed E-state index contributed by atoms with van der Waals surface area (Å²) in [5.41, 5.74) is 5.03. The lowest BCUT2D eigenvalue weighted by Gasteiger charge is -2.11. The van der Waals surface area contributed by atoms with E-state index in [1.165, 1.54) is 6.21 Å². The second-order valence-electron chi connectivity index (χ2n) is 7.78. The fraction of sp³-hybridized carbons (Fsp3) is 0.0690. The zero-order valence-electron chi connectivity index (χ0n) is 19.2. The number of nitrogens with zero attached hydrogens (tertiary/aromatic N) is 1. The minimum atomic E-state index is -0.474. The second kappa shape index (κ2) is 10.9. The molecule has 4 rings (SSSR count). The molecule has 0 aliphatic rings. The minimum absolute atomic E-state index is 0.344. The highest BCUT2D eigenvalue weighted by atomic mass is 16.5. The largest absolute Gasteiger partial charge is 0.490 e. The Labute approximate surface area is 203 Å². The van der Waals surface area contributed by atoms with Gasteiger partial charge >= 0.3 is 5.97 Å². The normalized spacial score (nSPS) is 10.8. The number of nitrogens with one attached hydrogen (secondary N) is 1. The van der Waals surface area contributed by atoms with Crippen LogP contribution < -0.4 is 14.9 Å². The van der Waals surface area contributed by atoms with Gasteiger partial charge in [-0.3, -0.25) is 4.79 Å². The Balaban J connectivity index is 1.55. The summed E-state index contributed by atoms with van der Waals surface area (Å²) >= 11 is 0.